The standard InChI is InChI=1S/C14H31N3O2S/c1-12(2)15-10-13(3)20(18,19)17(6)11-14(16(4)5)8-7-9-14/h12-13,15H,7-11H2,1-6H3. The number of rotatable bonds is 8. The predicted molar refractivity (Wildman–Crippen MR) is 84.4 cm³/mol. The monoisotopic (exact) mass is 305 g/mol. The lowest BCUT2D eigenvalue weighted by Crippen LogP contribution is -2.58. The van der Waals surface area contributed by atoms with Crippen molar-refractivity contribution in [2.45, 2.75) is 56.9 Å². The van der Waals surface area contributed by atoms with Gasteiger partial charge in [0.1, 0.15) is 0 Å². The quantitative estimate of drug-likeness (QED) is 0.730. The molecule has 1 rings (SSSR count). The van der Waals surface area contributed by atoms with E-state index in [2.05, 4.69) is 10.2 Å². The van der Waals surface area contributed by atoms with Crippen LogP contribution in [0, 0.1) is 0 Å². The van der Waals surface area contributed by atoms with Crippen molar-refractivity contribution in [1.82, 2.24) is 14.5 Å². The molecule has 0 heterocycles. The Morgan fingerprint density at radius 3 is 2.05 bits per heavy atom. The van der Waals surface area contributed by atoms with Crippen molar-refractivity contribution < 1.29 is 8.42 Å². The molecule has 0 spiro atoms. The van der Waals surface area contributed by atoms with Gasteiger partial charge in [0, 0.05) is 31.7 Å². The SMILES string of the molecule is CC(C)NCC(C)S(=O)(=O)N(C)CC1(N(C)C)CCC1. The Kier molecular flexibility index (Phi) is 6.01. The van der Waals surface area contributed by atoms with Crippen molar-refractivity contribution in [3.8, 4) is 0 Å². The van der Waals surface area contributed by atoms with Crippen molar-refractivity contribution in [2.24, 2.45) is 0 Å². The maximum absolute atomic E-state index is 12.6. The molecule has 1 fully saturated rings. The number of nitrogens with one attached hydrogen (secondary N) is 1. The van der Waals surface area contributed by atoms with Gasteiger partial charge in [0.25, 0.3) is 0 Å². The fraction of sp³-hybridized carbons (Fsp3) is 1.00. The van der Waals surface area contributed by atoms with E-state index in [1.165, 1.54) is 6.42 Å². The third-order valence-electron chi connectivity index (χ3n) is 4.51. The topological polar surface area (TPSA) is 52.7 Å². The first-order valence-corrected chi connectivity index (χ1v) is 8.98. The summed E-state index contributed by atoms with van der Waals surface area (Å²) in [7, 11) is 2.57. The molecule has 1 N–H and O–H groups in total. The van der Waals surface area contributed by atoms with Gasteiger partial charge in [-0.15, -0.1) is 0 Å². The van der Waals surface area contributed by atoms with Crippen LogP contribution in [0.3, 0.4) is 0 Å². The van der Waals surface area contributed by atoms with Crippen LogP contribution < -0.4 is 5.32 Å². The Morgan fingerprint density at radius 1 is 1.15 bits per heavy atom. The number of likely N-dealkylation sites (N-methyl/N-ethyl adjacent to an activating group) is 2. The van der Waals surface area contributed by atoms with E-state index in [0.717, 1.165) is 12.8 Å². The van der Waals surface area contributed by atoms with Gasteiger partial charge in [-0.3, -0.25) is 0 Å². The van der Waals surface area contributed by atoms with Gasteiger partial charge < -0.3 is 10.2 Å². The molecular formula is C14H31N3O2S. The number of hydrogen-bond acceptors (Lipinski definition) is 4. The lowest BCUT2D eigenvalue weighted by atomic mass is 9.75. The molecular weight excluding hydrogens is 274 g/mol. The van der Waals surface area contributed by atoms with E-state index in [0.29, 0.717) is 19.1 Å². The Labute approximate surface area is 124 Å². The van der Waals surface area contributed by atoms with E-state index >= 15 is 0 Å². The summed E-state index contributed by atoms with van der Waals surface area (Å²) in [6.07, 6.45) is 3.35. The van der Waals surface area contributed by atoms with Crippen LogP contribution in [0.4, 0.5) is 0 Å². The van der Waals surface area contributed by atoms with Crippen LogP contribution in [0.25, 0.3) is 0 Å². The summed E-state index contributed by atoms with van der Waals surface area (Å²) in [5, 5.41) is 2.81. The average Bonchev–Trinajstić information content (AvgIpc) is 2.29. The molecule has 0 aliphatic heterocycles. The molecule has 1 aliphatic rings. The first-order valence-electron chi connectivity index (χ1n) is 7.48. The predicted octanol–water partition coefficient (Wildman–Crippen LogP) is 1.12. The smallest absolute Gasteiger partial charge is 0.217 e. The molecule has 0 saturated heterocycles. The Balaban J connectivity index is 2.67. The summed E-state index contributed by atoms with van der Waals surface area (Å²) < 4.78 is 26.7. The highest BCUT2D eigenvalue weighted by Gasteiger charge is 2.42. The fourth-order valence-corrected chi connectivity index (χ4v) is 3.99. The van der Waals surface area contributed by atoms with Crippen LogP contribution >= 0.6 is 0 Å². The van der Waals surface area contributed by atoms with Crippen LogP contribution in [0.15, 0.2) is 0 Å². The van der Waals surface area contributed by atoms with Crippen molar-refractivity contribution >= 4 is 10.0 Å². The molecule has 1 atom stereocenters. The minimum absolute atomic E-state index is 0.0347. The van der Waals surface area contributed by atoms with E-state index in [1.54, 1.807) is 18.3 Å². The molecule has 0 radical (unpaired) electrons. The third-order valence-corrected chi connectivity index (χ3v) is 6.69. The number of hydrogen-bond donors (Lipinski definition) is 1. The van der Waals surface area contributed by atoms with Crippen molar-refractivity contribution in [3.63, 3.8) is 0 Å². The zero-order valence-electron chi connectivity index (χ0n) is 13.8. The highest BCUT2D eigenvalue weighted by atomic mass is 32.2. The molecule has 6 heteroatoms. The van der Waals surface area contributed by atoms with Crippen LogP contribution in [0.1, 0.15) is 40.0 Å². The molecule has 5 nitrogen and oxygen atoms in total. The molecule has 0 aromatic rings. The zero-order valence-corrected chi connectivity index (χ0v) is 14.6. The van der Waals surface area contributed by atoms with Gasteiger partial charge in [-0.25, -0.2) is 12.7 Å². The van der Waals surface area contributed by atoms with Gasteiger partial charge in [-0.2, -0.15) is 0 Å². The minimum Gasteiger partial charge on any atom is -0.313 e. The summed E-state index contributed by atoms with van der Waals surface area (Å²) in [6, 6.07) is 0.303. The first kappa shape index (κ1) is 17.9. The van der Waals surface area contributed by atoms with E-state index in [1.807, 2.05) is 27.9 Å². The normalized spacial score (nSPS) is 20.4. The summed E-state index contributed by atoms with van der Waals surface area (Å²) in [6.45, 7) is 6.93. The summed E-state index contributed by atoms with van der Waals surface area (Å²) >= 11 is 0. The van der Waals surface area contributed by atoms with Crippen molar-refractivity contribution in [2.75, 3.05) is 34.2 Å². The highest BCUT2D eigenvalue weighted by Crippen LogP contribution is 2.37. The van der Waals surface area contributed by atoms with E-state index in [-0.39, 0.29) is 5.54 Å². The number of nitrogens with zero attached hydrogens (tertiary/aromatic N) is 2. The first-order chi connectivity index (χ1) is 9.12. The lowest BCUT2D eigenvalue weighted by molar-refractivity contribution is 0.0453. The second kappa shape index (κ2) is 6.73. The maximum atomic E-state index is 12.6. The summed E-state index contributed by atoms with van der Waals surface area (Å²) in [5.41, 5.74) is 0.0347. The largest absolute Gasteiger partial charge is 0.313 e. The van der Waals surface area contributed by atoms with Gasteiger partial charge in [0.05, 0.1) is 5.25 Å². The molecule has 0 aromatic carbocycles. The number of sulfonamides is 1. The van der Waals surface area contributed by atoms with Crippen LogP contribution in [0.2, 0.25) is 0 Å². The van der Waals surface area contributed by atoms with E-state index in [9.17, 15) is 8.42 Å². The average molecular weight is 305 g/mol. The fourth-order valence-electron chi connectivity index (χ4n) is 2.65. The van der Waals surface area contributed by atoms with Gasteiger partial charge >= 0.3 is 0 Å². The lowest BCUT2D eigenvalue weighted by Gasteiger charge is -2.49. The van der Waals surface area contributed by atoms with Gasteiger partial charge in [0.2, 0.25) is 10.0 Å². The van der Waals surface area contributed by atoms with Crippen LogP contribution in [-0.2, 0) is 10.0 Å². The van der Waals surface area contributed by atoms with Crippen LogP contribution in [-0.4, -0.2) is 68.7 Å². The Morgan fingerprint density at radius 2 is 1.70 bits per heavy atom. The molecule has 20 heavy (non-hydrogen) atoms. The third kappa shape index (κ3) is 3.93. The molecule has 0 aromatic heterocycles. The molecule has 1 unspecified atom stereocenters. The highest BCUT2D eigenvalue weighted by molar-refractivity contribution is 7.89. The molecule has 120 valence electrons. The van der Waals surface area contributed by atoms with Gasteiger partial charge in [-0.05, 0) is 40.3 Å². The van der Waals surface area contributed by atoms with Crippen molar-refractivity contribution in [3.05, 3.63) is 0 Å². The summed E-state index contributed by atoms with van der Waals surface area (Å²) in [5.74, 6) is 0. The Hall–Kier alpha value is -0.170. The molecule has 1 saturated carbocycles. The van der Waals surface area contributed by atoms with Gasteiger partial charge in [0.15, 0.2) is 0 Å². The Bertz CT molecular complexity index is 403. The van der Waals surface area contributed by atoms with Crippen LogP contribution in [0.5, 0.6) is 0 Å². The van der Waals surface area contributed by atoms with E-state index < -0.39 is 15.3 Å². The summed E-state index contributed by atoms with van der Waals surface area (Å²) in [4.78, 5) is 2.18. The second-order valence-electron chi connectivity index (χ2n) is 6.65. The minimum atomic E-state index is -3.23. The molecule has 0 bridgehead atoms. The zero-order chi connectivity index (χ0) is 15.6. The molecule has 0 amide bonds. The van der Waals surface area contributed by atoms with E-state index in [4.69, 9.17) is 0 Å². The second-order valence-corrected chi connectivity index (χ2v) is 9.10. The molecule has 1 aliphatic carbocycles. The maximum Gasteiger partial charge on any atom is 0.217 e. The van der Waals surface area contributed by atoms with Crippen molar-refractivity contribution in [1.29, 1.82) is 0 Å². The van der Waals surface area contributed by atoms with Gasteiger partial charge in [-0.1, -0.05) is 13.8 Å².